The minimum atomic E-state index is 0.377. The van der Waals surface area contributed by atoms with E-state index in [1.807, 2.05) is 188 Å². The fourth-order valence-electron chi connectivity index (χ4n) is 18.9. The van der Waals surface area contributed by atoms with Crippen molar-refractivity contribution < 1.29 is 0 Å². The highest BCUT2D eigenvalue weighted by molar-refractivity contribution is 6.30. The topological polar surface area (TPSA) is 162 Å². The number of fused-ring (bicyclic) bond motifs is 12. The Hall–Kier alpha value is -17.9. The third-order valence-corrected chi connectivity index (χ3v) is 24.1. The van der Waals surface area contributed by atoms with E-state index in [1.54, 1.807) is 0 Å². The molecule has 0 amide bonds. The van der Waals surface area contributed by atoms with Gasteiger partial charge in [0.25, 0.3) is 0 Å². The predicted molar refractivity (Wildman–Crippen MR) is 502 cm³/mol. The average molecular weight is 1580 g/mol. The molecule has 0 radical (unpaired) electrons. The maximum atomic E-state index is 11.3. The van der Waals surface area contributed by atoms with Gasteiger partial charge in [-0.3, -0.25) is 0 Å². The van der Waals surface area contributed by atoms with E-state index >= 15 is 0 Å². The fraction of sp³-hybridized carbons (Fsp3) is 0. The summed E-state index contributed by atoms with van der Waals surface area (Å²) in [5.74, 6) is 0. The molecular formula is C114H66N10. The normalized spacial score (nSPS) is 11.2. The van der Waals surface area contributed by atoms with Crippen molar-refractivity contribution in [1.82, 2.24) is 18.3 Å². The van der Waals surface area contributed by atoms with Crippen LogP contribution in [0.15, 0.2) is 400 Å². The van der Waals surface area contributed by atoms with Crippen molar-refractivity contribution in [1.29, 1.82) is 31.6 Å². The van der Waals surface area contributed by atoms with Crippen molar-refractivity contribution in [2.75, 3.05) is 0 Å². The van der Waals surface area contributed by atoms with Gasteiger partial charge in [0, 0.05) is 121 Å². The fourth-order valence-corrected chi connectivity index (χ4v) is 18.9. The lowest BCUT2D eigenvalue weighted by atomic mass is 9.83. The van der Waals surface area contributed by atoms with Gasteiger partial charge < -0.3 is 18.3 Å². The van der Waals surface area contributed by atoms with Crippen LogP contribution in [-0.2, 0) is 0 Å². The lowest BCUT2D eigenvalue weighted by molar-refractivity contribution is 1.16. The zero-order valence-electron chi connectivity index (χ0n) is 66.6. The Labute approximate surface area is 714 Å². The number of para-hydroxylation sites is 8. The van der Waals surface area contributed by atoms with Crippen LogP contribution in [0, 0.1) is 68.0 Å². The number of benzene rings is 18. The second kappa shape index (κ2) is 30.9. The molecule has 18 aromatic carbocycles. The summed E-state index contributed by atoms with van der Waals surface area (Å²) in [6, 6.07) is 150. The van der Waals surface area contributed by atoms with Crippen LogP contribution < -0.4 is 0 Å². The minimum Gasteiger partial charge on any atom is -0.309 e. The molecule has 124 heavy (non-hydrogen) atoms. The summed E-state index contributed by atoms with van der Waals surface area (Å²) in [6.45, 7) is 0. The number of nitriles is 6. The molecule has 0 bridgehead atoms. The summed E-state index contributed by atoms with van der Waals surface area (Å²) in [6.07, 6.45) is 0. The van der Waals surface area contributed by atoms with Crippen LogP contribution in [-0.4, -0.2) is 18.3 Å². The molecule has 22 aromatic rings. The maximum Gasteiger partial charge on any atom is 0.100 e. The number of hydrogen-bond donors (Lipinski definition) is 0. The molecular weight excluding hydrogens is 1510 g/mol. The molecule has 4 heterocycles. The monoisotopic (exact) mass is 1570 g/mol. The van der Waals surface area contributed by atoms with E-state index in [1.165, 1.54) is 0 Å². The van der Waals surface area contributed by atoms with E-state index < -0.39 is 0 Å². The van der Waals surface area contributed by atoms with Crippen molar-refractivity contribution in [3.05, 3.63) is 434 Å². The minimum absolute atomic E-state index is 0.377. The Morgan fingerprint density at radius 1 is 0.169 bits per heavy atom. The molecule has 0 fully saturated rings. The summed E-state index contributed by atoms with van der Waals surface area (Å²) in [5.41, 5.74) is 26.9. The zero-order valence-corrected chi connectivity index (χ0v) is 66.6. The molecule has 572 valence electrons. The number of hydrogen-bond acceptors (Lipinski definition) is 6. The van der Waals surface area contributed by atoms with Gasteiger partial charge in [-0.05, 0) is 143 Å². The van der Waals surface area contributed by atoms with Gasteiger partial charge in [-0.15, -0.1) is 0 Å². The lowest BCUT2D eigenvalue weighted by Gasteiger charge is -2.19. The van der Waals surface area contributed by atoms with Crippen molar-refractivity contribution in [3.63, 3.8) is 0 Å². The van der Waals surface area contributed by atoms with Crippen LogP contribution in [0.5, 0.6) is 0 Å². The van der Waals surface area contributed by atoms with E-state index in [0.29, 0.717) is 66.8 Å². The van der Waals surface area contributed by atoms with Gasteiger partial charge in [0.2, 0.25) is 0 Å². The lowest BCUT2D eigenvalue weighted by Crippen LogP contribution is -2.01. The van der Waals surface area contributed by atoms with Gasteiger partial charge in [0.1, 0.15) is 24.3 Å². The third-order valence-electron chi connectivity index (χ3n) is 24.1. The highest BCUT2D eigenvalue weighted by Gasteiger charge is 2.31. The SMILES string of the molecule is N#Cc1cc(-c2cc(-c3ccccc3)c(C#N)c(-c3ccccc3)c2C#N)ccc1-c1c2c(cc3c4ccccc4n(-c4ccccc4)c13)c1ccccc1n2-c1ccccc1.N#Cc1cc(-c2cc(-c3ccccc3)c(C#N)c(-c3ccccc3)c2C#N)ccc1-c1c2c3ccccc3n(-c3ccccc3)c2cc2c1c1ccccc1n2-c1ccccc1. The van der Waals surface area contributed by atoms with Gasteiger partial charge >= 0.3 is 0 Å². The van der Waals surface area contributed by atoms with Gasteiger partial charge in [-0.1, -0.05) is 291 Å². The summed E-state index contributed by atoms with van der Waals surface area (Å²) in [4.78, 5) is 0. The molecule has 0 N–H and O–H groups in total. The molecule has 0 aliphatic rings. The first-order valence-electron chi connectivity index (χ1n) is 40.9. The highest BCUT2D eigenvalue weighted by atomic mass is 15.0. The van der Waals surface area contributed by atoms with Crippen LogP contribution in [0.2, 0.25) is 0 Å². The number of nitrogens with zero attached hydrogens (tertiary/aromatic N) is 10. The van der Waals surface area contributed by atoms with Crippen LogP contribution in [0.3, 0.4) is 0 Å². The van der Waals surface area contributed by atoms with E-state index in [4.69, 9.17) is 0 Å². The second-order valence-corrected chi connectivity index (χ2v) is 30.7. The number of rotatable bonds is 12. The van der Waals surface area contributed by atoms with Crippen molar-refractivity contribution in [2.45, 2.75) is 0 Å². The van der Waals surface area contributed by atoms with E-state index in [0.717, 1.165) is 166 Å². The summed E-state index contributed by atoms with van der Waals surface area (Å²) in [5, 5.41) is 74.7. The highest BCUT2D eigenvalue weighted by Crippen LogP contribution is 2.53. The standard InChI is InChI=1S/2C57H33N5/c58-34-40-31-39(47-32-46(37-17-5-1-6-18-37)48(35-59)54(49(47)36-60)38-19-7-2-8-20-38)29-30-43(40)57-55-44-25-13-15-27-50(44)61(41-21-9-3-10-22-41)52(55)33-53-56(57)45-26-14-16-28-51(45)62(53)42-23-11-4-12-24-42;58-34-40-31-39(47-32-46(37-17-5-1-6-18-37)50(35-59)54(51(47)36-60)38-19-7-2-8-20-38)29-30-43(40)55-56-48(44-25-13-15-27-52(44)61(56)41-21-9-3-10-22-41)33-49-45-26-14-16-28-53(45)62(57(49)55)42-23-11-4-12-24-42/h2*1-33H. The second-order valence-electron chi connectivity index (χ2n) is 30.7. The molecule has 4 aromatic heterocycles. The molecule has 0 saturated carbocycles. The van der Waals surface area contributed by atoms with E-state index in [-0.39, 0.29) is 0 Å². The van der Waals surface area contributed by atoms with Crippen LogP contribution in [0.25, 0.3) is 199 Å². The summed E-state index contributed by atoms with van der Waals surface area (Å²) < 4.78 is 9.31. The van der Waals surface area contributed by atoms with Crippen LogP contribution >= 0.6 is 0 Å². The van der Waals surface area contributed by atoms with Gasteiger partial charge in [0.15, 0.2) is 0 Å². The molecule has 10 nitrogen and oxygen atoms in total. The average Bonchev–Trinajstić information content (AvgIpc) is 1.54. The molecule has 10 heteroatoms. The van der Waals surface area contributed by atoms with E-state index in [2.05, 4.69) is 267 Å². The van der Waals surface area contributed by atoms with Crippen LogP contribution in [0.1, 0.15) is 33.4 Å². The molecule has 0 aliphatic carbocycles. The molecule has 0 spiro atoms. The Morgan fingerprint density at radius 3 is 0.774 bits per heavy atom. The first kappa shape index (κ1) is 73.7. The molecule has 0 atom stereocenters. The predicted octanol–water partition coefficient (Wildman–Crippen LogP) is 28.3. The van der Waals surface area contributed by atoms with Gasteiger partial charge in [-0.2, -0.15) is 31.6 Å². The Balaban J connectivity index is 0.000000152. The molecule has 0 saturated heterocycles. The van der Waals surface area contributed by atoms with Crippen LogP contribution in [0.4, 0.5) is 0 Å². The Morgan fingerprint density at radius 2 is 0.444 bits per heavy atom. The molecule has 0 unspecified atom stereocenters. The Kier molecular flexibility index (Phi) is 18.3. The van der Waals surface area contributed by atoms with Gasteiger partial charge in [-0.25, -0.2) is 0 Å². The van der Waals surface area contributed by atoms with Crippen molar-refractivity contribution in [3.8, 4) is 148 Å². The first-order chi connectivity index (χ1) is 61.4. The summed E-state index contributed by atoms with van der Waals surface area (Å²) in [7, 11) is 0. The Bertz CT molecular complexity index is 8100. The van der Waals surface area contributed by atoms with E-state index in [9.17, 15) is 31.6 Å². The molecule has 22 rings (SSSR count). The first-order valence-corrected chi connectivity index (χ1v) is 40.9. The summed E-state index contributed by atoms with van der Waals surface area (Å²) >= 11 is 0. The zero-order chi connectivity index (χ0) is 83.5. The largest absolute Gasteiger partial charge is 0.309 e. The maximum absolute atomic E-state index is 11.3. The smallest absolute Gasteiger partial charge is 0.100 e. The third kappa shape index (κ3) is 12.0. The number of aromatic nitrogens is 4. The van der Waals surface area contributed by atoms with Gasteiger partial charge in [0.05, 0.1) is 89.7 Å². The van der Waals surface area contributed by atoms with Crippen molar-refractivity contribution in [2.24, 2.45) is 0 Å². The quantitative estimate of drug-likeness (QED) is 0.118. The molecule has 0 aliphatic heterocycles. The van der Waals surface area contributed by atoms with Crippen molar-refractivity contribution >= 4 is 87.2 Å².